The van der Waals surface area contributed by atoms with Crippen molar-refractivity contribution in [1.29, 1.82) is 10.5 Å². The molecule has 0 radical (unpaired) electrons. The van der Waals surface area contributed by atoms with E-state index in [-0.39, 0.29) is 6.42 Å². The Morgan fingerprint density at radius 3 is 1.88 bits per heavy atom. The second-order valence-electron chi connectivity index (χ2n) is 3.34. The SMILES string of the molecule is COC(=O)C(CCCC(C#N)C#N)C(=O)OC. The van der Waals surface area contributed by atoms with Gasteiger partial charge in [-0.15, -0.1) is 0 Å². The first kappa shape index (κ1) is 14.9. The van der Waals surface area contributed by atoms with Crippen LogP contribution in [0, 0.1) is 34.5 Å². The number of carbonyl (C=O) groups is 2. The van der Waals surface area contributed by atoms with E-state index in [9.17, 15) is 9.59 Å². The smallest absolute Gasteiger partial charge is 0.320 e. The van der Waals surface area contributed by atoms with Crippen LogP contribution < -0.4 is 0 Å². The molecule has 0 unspecified atom stereocenters. The van der Waals surface area contributed by atoms with Crippen molar-refractivity contribution in [2.45, 2.75) is 19.3 Å². The zero-order valence-electron chi connectivity index (χ0n) is 9.80. The van der Waals surface area contributed by atoms with Crippen LogP contribution in [-0.4, -0.2) is 26.2 Å². The van der Waals surface area contributed by atoms with Gasteiger partial charge in [-0.2, -0.15) is 10.5 Å². The largest absolute Gasteiger partial charge is 0.468 e. The molecule has 0 aliphatic carbocycles. The Morgan fingerprint density at radius 1 is 1.06 bits per heavy atom. The topological polar surface area (TPSA) is 100 Å². The zero-order chi connectivity index (χ0) is 13.3. The van der Waals surface area contributed by atoms with Gasteiger partial charge in [0.15, 0.2) is 5.92 Å². The average molecular weight is 238 g/mol. The van der Waals surface area contributed by atoms with Gasteiger partial charge in [0.25, 0.3) is 0 Å². The molecule has 0 heterocycles. The normalized spacial score (nSPS) is 9.53. The standard InChI is InChI=1S/C11H14N2O4/c1-16-10(14)9(11(15)17-2)5-3-4-8(6-12)7-13/h8-9H,3-5H2,1-2H3. The Labute approximate surface area is 99.7 Å². The molecule has 0 N–H and O–H groups in total. The maximum atomic E-state index is 11.3. The number of hydrogen-bond acceptors (Lipinski definition) is 6. The second-order valence-corrected chi connectivity index (χ2v) is 3.34. The van der Waals surface area contributed by atoms with Gasteiger partial charge in [-0.25, -0.2) is 0 Å². The van der Waals surface area contributed by atoms with E-state index in [1.54, 1.807) is 0 Å². The summed E-state index contributed by atoms with van der Waals surface area (Å²) in [6, 6.07) is 3.64. The van der Waals surface area contributed by atoms with Gasteiger partial charge in [0.2, 0.25) is 0 Å². The highest BCUT2D eigenvalue weighted by Gasteiger charge is 2.28. The highest BCUT2D eigenvalue weighted by atomic mass is 16.5. The third-order valence-electron chi connectivity index (χ3n) is 2.27. The average Bonchev–Trinajstić information content (AvgIpc) is 2.37. The lowest BCUT2D eigenvalue weighted by atomic mass is 9.98. The Morgan fingerprint density at radius 2 is 1.53 bits per heavy atom. The van der Waals surface area contributed by atoms with Gasteiger partial charge >= 0.3 is 11.9 Å². The highest BCUT2D eigenvalue weighted by Crippen LogP contribution is 2.15. The summed E-state index contributed by atoms with van der Waals surface area (Å²) in [5, 5.41) is 17.1. The molecule has 6 nitrogen and oxygen atoms in total. The first-order valence-electron chi connectivity index (χ1n) is 5.05. The van der Waals surface area contributed by atoms with Crippen molar-refractivity contribution in [1.82, 2.24) is 0 Å². The maximum absolute atomic E-state index is 11.3. The molecule has 0 aromatic carbocycles. The number of esters is 2. The maximum Gasteiger partial charge on any atom is 0.320 e. The molecule has 0 amide bonds. The summed E-state index contributed by atoms with van der Waals surface area (Å²) < 4.78 is 8.95. The van der Waals surface area contributed by atoms with Crippen LogP contribution in [-0.2, 0) is 19.1 Å². The predicted molar refractivity (Wildman–Crippen MR) is 56.1 cm³/mol. The van der Waals surface area contributed by atoms with Gasteiger partial charge in [-0.3, -0.25) is 9.59 Å². The van der Waals surface area contributed by atoms with Crippen LogP contribution in [0.4, 0.5) is 0 Å². The lowest BCUT2D eigenvalue weighted by Crippen LogP contribution is -2.26. The summed E-state index contributed by atoms with van der Waals surface area (Å²) >= 11 is 0. The molecule has 0 aromatic rings. The monoisotopic (exact) mass is 238 g/mol. The van der Waals surface area contributed by atoms with Crippen molar-refractivity contribution in [2.24, 2.45) is 11.8 Å². The predicted octanol–water partition coefficient (Wildman–Crippen LogP) is 0.782. The molecule has 17 heavy (non-hydrogen) atoms. The number of carbonyl (C=O) groups excluding carboxylic acids is 2. The molecular formula is C11H14N2O4. The van der Waals surface area contributed by atoms with E-state index in [4.69, 9.17) is 10.5 Å². The molecule has 0 saturated carbocycles. The summed E-state index contributed by atoms with van der Waals surface area (Å²) in [6.07, 6.45) is 0.928. The second kappa shape index (κ2) is 8.12. The van der Waals surface area contributed by atoms with Crippen LogP contribution in [0.1, 0.15) is 19.3 Å². The van der Waals surface area contributed by atoms with Crippen molar-refractivity contribution in [3.63, 3.8) is 0 Å². The van der Waals surface area contributed by atoms with E-state index in [1.165, 1.54) is 14.2 Å². The number of rotatable bonds is 6. The lowest BCUT2D eigenvalue weighted by Gasteiger charge is -2.11. The summed E-state index contributed by atoms with van der Waals surface area (Å²) in [5.74, 6) is -3.03. The summed E-state index contributed by atoms with van der Waals surface area (Å²) in [6.45, 7) is 0. The van der Waals surface area contributed by atoms with E-state index < -0.39 is 23.8 Å². The van der Waals surface area contributed by atoms with Gasteiger partial charge in [-0.1, -0.05) is 0 Å². The van der Waals surface area contributed by atoms with Crippen LogP contribution in [0.5, 0.6) is 0 Å². The molecular weight excluding hydrogens is 224 g/mol. The van der Waals surface area contributed by atoms with Crippen LogP contribution in [0.2, 0.25) is 0 Å². The number of hydrogen-bond donors (Lipinski definition) is 0. The quantitative estimate of drug-likeness (QED) is 0.500. The van der Waals surface area contributed by atoms with Crippen molar-refractivity contribution in [2.75, 3.05) is 14.2 Å². The van der Waals surface area contributed by atoms with Crippen LogP contribution in [0.15, 0.2) is 0 Å². The number of ether oxygens (including phenoxy) is 2. The van der Waals surface area contributed by atoms with Gasteiger partial charge < -0.3 is 9.47 Å². The van der Waals surface area contributed by atoms with Crippen molar-refractivity contribution < 1.29 is 19.1 Å². The fraction of sp³-hybridized carbons (Fsp3) is 0.636. The van der Waals surface area contributed by atoms with E-state index in [2.05, 4.69) is 9.47 Å². The van der Waals surface area contributed by atoms with Gasteiger partial charge in [0.05, 0.1) is 26.4 Å². The highest BCUT2D eigenvalue weighted by molar-refractivity contribution is 5.94. The van der Waals surface area contributed by atoms with E-state index in [0.717, 1.165) is 0 Å². The zero-order valence-corrected chi connectivity index (χ0v) is 9.80. The first-order valence-corrected chi connectivity index (χ1v) is 5.05. The van der Waals surface area contributed by atoms with Crippen LogP contribution in [0.3, 0.4) is 0 Å². The molecule has 0 fully saturated rings. The van der Waals surface area contributed by atoms with Crippen LogP contribution >= 0.6 is 0 Å². The summed E-state index contributed by atoms with van der Waals surface area (Å²) in [5.41, 5.74) is 0. The lowest BCUT2D eigenvalue weighted by molar-refractivity contribution is -0.159. The molecule has 0 aliphatic rings. The Kier molecular flexibility index (Phi) is 7.12. The van der Waals surface area contributed by atoms with E-state index >= 15 is 0 Å². The van der Waals surface area contributed by atoms with E-state index in [1.807, 2.05) is 12.1 Å². The Hall–Kier alpha value is -2.08. The fourth-order valence-electron chi connectivity index (χ4n) is 1.30. The van der Waals surface area contributed by atoms with Gasteiger partial charge in [0.1, 0.15) is 5.92 Å². The minimum absolute atomic E-state index is 0.208. The fourth-order valence-corrected chi connectivity index (χ4v) is 1.30. The third-order valence-corrected chi connectivity index (χ3v) is 2.27. The number of methoxy groups -OCH3 is 2. The minimum Gasteiger partial charge on any atom is -0.468 e. The molecule has 0 spiro atoms. The number of nitriles is 2. The van der Waals surface area contributed by atoms with Crippen LogP contribution in [0.25, 0.3) is 0 Å². The van der Waals surface area contributed by atoms with Crippen molar-refractivity contribution >= 4 is 11.9 Å². The van der Waals surface area contributed by atoms with Crippen molar-refractivity contribution in [3.8, 4) is 12.1 Å². The van der Waals surface area contributed by atoms with Gasteiger partial charge in [-0.05, 0) is 19.3 Å². The molecule has 0 rings (SSSR count). The minimum atomic E-state index is -0.983. The molecule has 0 saturated heterocycles. The summed E-state index contributed by atoms with van der Waals surface area (Å²) in [7, 11) is 2.37. The molecule has 0 aliphatic heterocycles. The Bertz CT molecular complexity index is 323. The van der Waals surface area contributed by atoms with E-state index in [0.29, 0.717) is 12.8 Å². The molecule has 92 valence electrons. The molecule has 0 bridgehead atoms. The first-order chi connectivity index (χ1) is 8.10. The molecule has 0 atom stereocenters. The van der Waals surface area contributed by atoms with Crippen molar-refractivity contribution in [3.05, 3.63) is 0 Å². The molecule has 0 aromatic heterocycles. The Balaban J connectivity index is 4.29. The van der Waals surface area contributed by atoms with Gasteiger partial charge in [0, 0.05) is 0 Å². The summed E-state index contributed by atoms with van der Waals surface area (Å²) in [4.78, 5) is 22.5. The number of nitrogens with zero attached hydrogens (tertiary/aromatic N) is 2. The molecule has 6 heteroatoms. The third kappa shape index (κ3) is 4.98.